The summed E-state index contributed by atoms with van der Waals surface area (Å²) in [6.45, 7) is 8.46. The largest absolute Gasteiger partial charge is 0.338 e. The fourth-order valence-electron chi connectivity index (χ4n) is 2.84. The highest BCUT2D eigenvalue weighted by molar-refractivity contribution is 4.92. The number of aromatic nitrogens is 2. The van der Waals surface area contributed by atoms with Gasteiger partial charge in [-0.25, -0.2) is 0 Å². The second-order valence-electron chi connectivity index (χ2n) is 6.63. The SMILES string of the molecule is CC(C)c1noc(CN2CCCC(CNC3CC3)C2)n1. The van der Waals surface area contributed by atoms with Crippen LogP contribution in [-0.4, -0.2) is 40.7 Å². The van der Waals surface area contributed by atoms with Gasteiger partial charge in [-0.2, -0.15) is 4.98 Å². The van der Waals surface area contributed by atoms with Gasteiger partial charge < -0.3 is 9.84 Å². The van der Waals surface area contributed by atoms with E-state index >= 15 is 0 Å². The minimum Gasteiger partial charge on any atom is -0.338 e. The first-order chi connectivity index (χ1) is 9.70. The summed E-state index contributed by atoms with van der Waals surface area (Å²) in [5, 5.41) is 7.69. The molecule has 1 aromatic heterocycles. The molecule has 0 amide bonds. The molecule has 1 aliphatic carbocycles. The maximum atomic E-state index is 5.35. The van der Waals surface area contributed by atoms with Crippen LogP contribution in [0.5, 0.6) is 0 Å². The van der Waals surface area contributed by atoms with Crippen LogP contribution in [0.4, 0.5) is 0 Å². The van der Waals surface area contributed by atoms with Gasteiger partial charge in [-0.05, 0) is 44.7 Å². The highest BCUT2D eigenvalue weighted by Gasteiger charge is 2.25. The van der Waals surface area contributed by atoms with E-state index in [0.29, 0.717) is 5.92 Å². The number of piperidine rings is 1. The van der Waals surface area contributed by atoms with Crippen LogP contribution in [-0.2, 0) is 6.54 Å². The van der Waals surface area contributed by atoms with Gasteiger partial charge in [-0.3, -0.25) is 4.90 Å². The van der Waals surface area contributed by atoms with Crippen molar-refractivity contribution >= 4 is 0 Å². The molecule has 1 N–H and O–H groups in total. The molecule has 1 aromatic rings. The molecule has 0 aromatic carbocycles. The van der Waals surface area contributed by atoms with Gasteiger partial charge in [-0.15, -0.1) is 0 Å². The first-order valence-electron chi connectivity index (χ1n) is 7.99. The van der Waals surface area contributed by atoms with Crippen molar-refractivity contribution in [2.45, 2.75) is 58.0 Å². The Balaban J connectivity index is 1.48. The molecule has 112 valence electrons. The highest BCUT2D eigenvalue weighted by Crippen LogP contribution is 2.22. The fourth-order valence-corrected chi connectivity index (χ4v) is 2.84. The molecule has 5 nitrogen and oxygen atoms in total. The van der Waals surface area contributed by atoms with E-state index in [-0.39, 0.29) is 0 Å². The van der Waals surface area contributed by atoms with Crippen LogP contribution in [0.1, 0.15) is 57.2 Å². The summed E-state index contributed by atoms with van der Waals surface area (Å²) in [5.74, 6) is 2.70. The lowest BCUT2D eigenvalue weighted by Gasteiger charge is -2.31. The molecule has 2 aliphatic rings. The summed E-state index contributed by atoms with van der Waals surface area (Å²) in [7, 11) is 0. The molecular formula is C15H26N4O. The lowest BCUT2D eigenvalue weighted by Crippen LogP contribution is -2.39. The van der Waals surface area contributed by atoms with E-state index in [1.807, 2.05) is 0 Å². The van der Waals surface area contributed by atoms with Gasteiger partial charge in [-0.1, -0.05) is 19.0 Å². The first-order valence-corrected chi connectivity index (χ1v) is 7.99. The lowest BCUT2D eigenvalue weighted by atomic mass is 9.98. The molecule has 2 heterocycles. The van der Waals surface area contributed by atoms with Gasteiger partial charge >= 0.3 is 0 Å². The Morgan fingerprint density at radius 1 is 1.35 bits per heavy atom. The van der Waals surface area contributed by atoms with Crippen molar-refractivity contribution in [3.63, 3.8) is 0 Å². The smallest absolute Gasteiger partial charge is 0.240 e. The minimum atomic E-state index is 0.337. The Morgan fingerprint density at radius 3 is 2.90 bits per heavy atom. The van der Waals surface area contributed by atoms with Crippen LogP contribution in [0, 0.1) is 5.92 Å². The second kappa shape index (κ2) is 6.22. The summed E-state index contributed by atoms with van der Waals surface area (Å²) >= 11 is 0. The van der Waals surface area contributed by atoms with Crippen LogP contribution >= 0.6 is 0 Å². The zero-order valence-electron chi connectivity index (χ0n) is 12.6. The molecule has 1 saturated carbocycles. The minimum absolute atomic E-state index is 0.337. The Labute approximate surface area is 121 Å². The Hall–Kier alpha value is -0.940. The van der Waals surface area contributed by atoms with Gasteiger partial charge in [0.2, 0.25) is 5.89 Å². The molecule has 0 bridgehead atoms. The van der Waals surface area contributed by atoms with E-state index in [0.717, 1.165) is 43.3 Å². The van der Waals surface area contributed by atoms with E-state index in [9.17, 15) is 0 Å². The molecule has 1 unspecified atom stereocenters. The molecule has 1 atom stereocenters. The molecule has 3 rings (SSSR count). The van der Waals surface area contributed by atoms with Gasteiger partial charge in [0, 0.05) is 18.5 Å². The average Bonchev–Trinajstić information content (AvgIpc) is 3.15. The predicted molar refractivity (Wildman–Crippen MR) is 77.4 cm³/mol. The van der Waals surface area contributed by atoms with E-state index in [1.165, 1.54) is 32.2 Å². The van der Waals surface area contributed by atoms with E-state index in [4.69, 9.17) is 4.52 Å². The topological polar surface area (TPSA) is 54.2 Å². The molecular weight excluding hydrogens is 252 g/mol. The van der Waals surface area contributed by atoms with Crippen LogP contribution < -0.4 is 5.32 Å². The third-order valence-corrected chi connectivity index (χ3v) is 4.23. The highest BCUT2D eigenvalue weighted by atomic mass is 16.5. The fraction of sp³-hybridized carbons (Fsp3) is 0.867. The first kappa shape index (κ1) is 14.0. The zero-order chi connectivity index (χ0) is 13.9. The third kappa shape index (κ3) is 3.79. The molecule has 2 fully saturated rings. The quantitative estimate of drug-likeness (QED) is 0.864. The summed E-state index contributed by atoms with van der Waals surface area (Å²) < 4.78 is 5.35. The van der Waals surface area contributed by atoms with Crippen LogP contribution in [0.2, 0.25) is 0 Å². The monoisotopic (exact) mass is 278 g/mol. The van der Waals surface area contributed by atoms with E-state index < -0.39 is 0 Å². The van der Waals surface area contributed by atoms with Crippen molar-refractivity contribution in [3.05, 3.63) is 11.7 Å². The number of rotatable bonds is 6. The average molecular weight is 278 g/mol. The lowest BCUT2D eigenvalue weighted by molar-refractivity contribution is 0.148. The maximum absolute atomic E-state index is 5.35. The van der Waals surface area contributed by atoms with Crippen molar-refractivity contribution in [3.8, 4) is 0 Å². The molecule has 0 spiro atoms. The van der Waals surface area contributed by atoms with Crippen molar-refractivity contribution in [2.75, 3.05) is 19.6 Å². The third-order valence-electron chi connectivity index (χ3n) is 4.23. The number of hydrogen-bond acceptors (Lipinski definition) is 5. The van der Waals surface area contributed by atoms with Crippen LogP contribution in [0.3, 0.4) is 0 Å². The van der Waals surface area contributed by atoms with Gasteiger partial charge in [0.05, 0.1) is 6.54 Å². The zero-order valence-corrected chi connectivity index (χ0v) is 12.6. The van der Waals surface area contributed by atoms with Crippen molar-refractivity contribution in [1.82, 2.24) is 20.4 Å². The maximum Gasteiger partial charge on any atom is 0.240 e. The van der Waals surface area contributed by atoms with Crippen LogP contribution in [0.25, 0.3) is 0 Å². The molecule has 0 radical (unpaired) electrons. The second-order valence-corrected chi connectivity index (χ2v) is 6.63. The molecule has 20 heavy (non-hydrogen) atoms. The van der Waals surface area contributed by atoms with Gasteiger partial charge in [0.25, 0.3) is 0 Å². The molecule has 1 aliphatic heterocycles. The Kier molecular flexibility index (Phi) is 4.36. The van der Waals surface area contributed by atoms with Crippen LogP contribution in [0.15, 0.2) is 4.52 Å². The molecule has 5 heteroatoms. The van der Waals surface area contributed by atoms with Gasteiger partial charge in [0.1, 0.15) is 0 Å². The summed E-state index contributed by atoms with van der Waals surface area (Å²) in [6, 6.07) is 0.815. The number of hydrogen-bond donors (Lipinski definition) is 1. The van der Waals surface area contributed by atoms with Crippen molar-refractivity contribution in [1.29, 1.82) is 0 Å². The summed E-state index contributed by atoms with van der Waals surface area (Å²) in [6.07, 6.45) is 5.37. The van der Waals surface area contributed by atoms with Gasteiger partial charge in [0.15, 0.2) is 5.82 Å². The summed E-state index contributed by atoms with van der Waals surface area (Å²) in [5.41, 5.74) is 0. The Morgan fingerprint density at radius 2 is 2.20 bits per heavy atom. The van der Waals surface area contributed by atoms with Crippen molar-refractivity contribution in [2.24, 2.45) is 5.92 Å². The number of nitrogens with zero attached hydrogens (tertiary/aromatic N) is 3. The molecule has 1 saturated heterocycles. The Bertz CT molecular complexity index is 427. The predicted octanol–water partition coefficient (Wildman–Crippen LogP) is 2.16. The number of likely N-dealkylation sites (tertiary alicyclic amines) is 1. The normalized spacial score (nSPS) is 24.4. The summed E-state index contributed by atoms with van der Waals surface area (Å²) in [4.78, 5) is 6.94. The number of nitrogens with one attached hydrogen (secondary N) is 1. The van der Waals surface area contributed by atoms with Crippen molar-refractivity contribution < 1.29 is 4.52 Å². The standard InChI is InChI=1S/C15H26N4O/c1-11(2)15-17-14(20-18-15)10-19-7-3-4-12(9-19)8-16-13-5-6-13/h11-13,16H,3-10H2,1-2H3. The van der Waals surface area contributed by atoms with E-state index in [2.05, 4.69) is 34.2 Å². The van der Waals surface area contributed by atoms with E-state index in [1.54, 1.807) is 0 Å².